The molecule has 0 aromatic heterocycles. The summed E-state index contributed by atoms with van der Waals surface area (Å²) in [7, 11) is 0. The molecule has 1 fully saturated rings. The Hall–Kier alpha value is -1.57. The molecule has 0 saturated carbocycles. The summed E-state index contributed by atoms with van der Waals surface area (Å²) in [5, 5.41) is 9.44. The molecule has 112 valence electrons. The van der Waals surface area contributed by atoms with Gasteiger partial charge in [0.2, 0.25) is 0 Å². The van der Waals surface area contributed by atoms with Gasteiger partial charge in [-0.3, -0.25) is 9.69 Å². The van der Waals surface area contributed by atoms with Crippen LogP contribution in [0.1, 0.15) is 37.3 Å². The molecule has 1 saturated heterocycles. The van der Waals surface area contributed by atoms with E-state index < -0.39 is 0 Å². The van der Waals surface area contributed by atoms with Crippen LogP contribution in [0.15, 0.2) is 18.2 Å². The van der Waals surface area contributed by atoms with Crippen molar-refractivity contribution < 1.29 is 9.53 Å². The highest BCUT2D eigenvalue weighted by atomic mass is 35.5. The highest BCUT2D eigenvalue weighted by Gasteiger charge is 2.30. The molecule has 5 heteroatoms. The van der Waals surface area contributed by atoms with Crippen LogP contribution < -0.4 is 0 Å². The molecule has 0 N–H and O–H groups in total. The first kappa shape index (κ1) is 15.8. The second-order valence-electron chi connectivity index (χ2n) is 5.15. The van der Waals surface area contributed by atoms with E-state index in [2.05, 4.69) is 11.0 Å². The Morgan fingerprint density at radius 3 is 3.00 bits per heavy atom. The summed E-state index contributed by atoms with van der Waals surface area (Å²) in [4.78, 5) is 14.2. The number of hydrogen-bond acceptors (Lipinski definition) is 4. The fourth-order valence-electron chi connectivity index (χ4n) is 2.65. The lowest BCUT2D eigenvalue weighted by Gasteiger charge is -2.34. The van der Waals surface area contributed by atoms with Crippen molar-refractivity contribution in [2.24, 2.45) is 0 Å². The molecule has 0 spiro atoms. The minimum Gasteiger partial charge on any atom is -0.465 e. The maximum absolute atomic E-state index is 12.0. The molecule has 1 aliphatic heterocycles. The summed E-state index contributed by atoms with van der Waals surface area (Å²) in [5.41, 5.74) is 1.48. The Kier molecular flexibility index (Phi) is 5.60. The van der Waals surface area contributed by atoms with E-state index in [1.54, 1.807) is 12.1 Å². The molecule has 0 amide bonds. The summed E-state index contributed by atoms with van der Waals surface area (Å²) in [6.07, 6.45) is 2.94. The van der Waals surface area contributed by atoms with Gasteiger partial charge in [0.1, 0.15) is 6.04 Å². The molecule has 21 heavy (non-hydrogen) atoms. The maximum Gasteiger partial charge on any atom is 0.323 e. The van der Waals surface area contributed by atoms with Crippen molar-refractivity contribution in [3.05, 3.63) is 34.3 Å². The van der Waals surface area contributed by atoms with E-state index in [1.165, 1.54) is 0 Å². The number of rotatable bonds is 4. The van der Waals surface area contributed by atoms with Gasteiger partial charge in [-0.25, -0.2) is 0 Å². The summed E-state index contributed by atoms with van der Waals surface area (Å²) >= 11 is 6.22. The number of halogens is 1. The van der Waals surface area contributed by atoms with Crippen molar-refractivity contribution in [2.75, 3.05) is 13.2 Å². The number of carbonyl (C=O) groups excluding carboxylic acids is 1. The zero-order valence-electron chi connectivity index (χ0n) is 12.1. The summed E-state index contributed by atoms with van der Waals surface area (Å²) in [6, 6.07) is 7.16. The average molecular weight is 307 g/mol. The second kappa shape index (κ2) is 7.44. The Morgan fingerprint density at radius 1 is 1.52 bits per heavy atom. The standard InChI is InChI=1S/C16H19ClN2O2/c1-2-21-16(20)15-5-3-4-8-19(15)11-13-7-6-12(10-18)9-14(13)17/h6-7,9,15H,2-5,8,11H2,1H3. The van der Waals surface area contributed by atoms with Crippen LogP contribution in [0.5, 0.6) is 0 Å². The number of nitrogens with zero attached hydrogens (tertiary/aromatic N) is 2. The van der Waals surface area contributed by atoms with Crippen LogP contribution in [0.25, 0.3) is 0 Å². The minimum atomic E-state index is -0.189. The Bertz CT molecular complexity index is 554. The number of esters is 1. The number of hydrogen-bond donors (Lipinski definition) is 0. The van der Waals surface area contributed by atoms with Crippen LogP contribution >= 0.6 is 11.6 Å². The van der Waals surface area contributed by atoms with E-state index in [1.807, 2.05) is 13.0 Å². The van der Waals surface area contributed by atoms with Crippen LogP contribution in [0.4, 0.5) is 0 Å². The van der Waals surface area contributed by atoms with E-state index in [4.69, 9.17) is 21.6 Å². The topological polar surface area (TPSA) is 53.3 Å². The highest BCUT2D eigenvalue weighted by Crippen LogP contribution is 2.24. The lowest BCUT2D eigenvalue weighted by Crippen LogP contribution is -2.45. The Morgan fingerprint density at radius 2 is 2.33 bits per heavy atom. The SMILES string of the molecule is CCOC(=O)C1CCCCN1Cc1ccc(C#N)cc1Cl. The Labute approximate surface area is 130 Å². The van der Waals surface area contributed by atoms with E-state index in [-0.39, 0.29) is 12.0 Å². The molecule has 1 atom stereocenters. The van der Waals surface area contributed by atoms with Crippen molar-refractivity contribution in [3.8, 4) is 6.07 Å². The lowest BCUT2D eigenvalue weighted by atomic mass is 10.0. The predicted molar refractivity (Wildman–Crippen MR) is 80.8 cm³/mol. The molecule has 2 rings (SSSR count). The average Bonchev–Trinajstić information content (AvgIpc) is 2.50. The number of benzene rings is 1. The smallest absolute Gasteiger partial charge is 0.323 e. The number of nitriles is 1. The molecular formula is C16H19ClN2O2. The number of ether oxygens (including phenoxy) is 1. The van der Waals surface area contributed by atoms with Gasteiger partial charge in [0.05, 0.1) is 18.2 Å². The van der Waals surface area contributed by atoms with Crippen LogP contribution in [-0.2, 0) is 16.1 Å². The van der Waals surface area contributed by atoms with Gasteiger partial charge in [-0.1, -0.05) is 24.1 Å². The van der Waals surface area contributed by atoms with E-state index in [0.717, 1.165) is 31.4 Å². The fraction of sp³-hybridized carbons (Fsp3) is 0.500. The fourth-order valence-corrected chi connectivity index (χ4v) is 2.89. The molecule has 0 aliphatic carbocycles. The van der Waals surface area contributed by atoms with Crippen LogP contribution in [-0.4, -0.2) is 30.1 Å². The van der Waals surface area contributed by atoms with Gasteiger partial charge in [-0.15, -0.1) is 0 Å². The number of likely N-dealkylation sites (tertiary alicyclic amines) is 1. The molecule has 0 radical (unpaired) electrons. The zero-order valence-corrected chi connectivity index (χ0v) is 12.9. The van der Waals surface area contributed by atoms with Crippen molar-refractivity contribution in [2.45, 2.75) is 38.8 Å². The van der Waals surface area contributed by atoms with Crippen molar-refractivity contribution in [1.29, 1.82) is 5.26 Å². The number of carbonyl (C=O) groups is 1. The third-order valence-corrected chi connectivity index (χ3v) is 4.08. The molecule has 1 aromatic rings. The minimum absolute atomic E-state index is 0.151. The van der Waals surface area contributed by atoms with Gasteiger partial charge in [0, 0.05) is 11.6 Å². The first-order valence-electron chi connectivity index (χ1n) is 7.25. The summed E-state index contributed by atoms with van der Waals surface area (Å²) in [6.45, 7) is 3.69. The van der Waals surface area contributed by atoms with E-state index in [0.29, 0.717) is 23.7 Å². The van der Waals surface area contributed by atoms with Gasteiger partial charge >= 0.3 is 5.97 Å². The van der Waals surface area contributed by atoms with Gasteiger partial charge < -0.3 is 4.74 Å². The third kappa shape index (κ3) is 3.96. The maximum atomic E-state index is 12.0. The van der Waals surface area contributed by atoms with Gasteiger partial charge in [-0.05, 0) is 44.0 Å². The van der Waals surface area contributed by atoms with Crippen LogP contribution in [0.2, 0.25) is 5.02 Å². The Balaban J connectivity index is 2.12. The molecule has 1 unspecified atom stereocenters. The van der Waals surface area contributed by atoms with Crippen molar-refractivity contribution in [1.82, 2.24) is 4.90 Å². The first-order valence-corrected chi connectivity index (χ1v) is 7.62. The van der Waals surface area contributed by atoms with Gasteiger partial charge in [0.25, 0.3) is 0 Å². The predicted octanol–water partition coefficient (Wildman–Crippen LogP) is 3.13. The molecular weight excluding hydrogens is 288 g/mol. The summed E-state index contributed by atoms with van der Waals surface area (Å²) < 4.78 is 5.16. The summed E-state index contributed by atoms with van der Waals surface area (Å²) in [5.74, 6) is -0.151. The molecule has 1 aromatic carbocycles. The molecule has 4 nitrogen and oxygen atoms in total. The van der Waals surface area contributed by atoms with Crippen molar-refractivity contribution >= 4 is 17.6 Å². The second-order valence-corrected chi connectivity index (χ2v) is 5.56. The van der Waals surface area contributed by atoms with Gasteiger partial charge in [0.15, 0.2) is 0 Å². The van der Waals surface area contributed by atoms with Crippen LogP contribution in [0.3, 0.4) is 0 Å². The first-order chi connectivity index (χ1) is 10.2. The molecule has 1 aliphatic rings. The quantitative estimate of drug-likeness (QED) is 0.802. The van der Waals surface area contributed by atoms with E-state index in [9.17, 15) is 4.79 Å². The monoisotopic (exact) mass is 306 g/mol. The van der Waals surface area contributed by atoms with E-state index >= 15 is 0 Å². The number of piperidine rings is 1. The third-order valence-electron chi connectivity index (χ3n) is 3.73. The normalized spacial score (nSPS) is 19.0. The van der Waals surface area contributed by atoms with Crippen LogP contribution in [0, 0.1) is 11.3 Å². The van der Waals surface area contributed by atoms with Gasteiger partial charge in [-0.2, -0.15) is 5.26 Å². The van der Waals surface area contributed by atoms with Crippen molar-refractivity contribution in [3.63, 3.8) is 0 Å². The largest absolute Gasteiger partial charge is 0.465 e. The molecule has 1 heterocycles. The highest BCUT2D eigenvalue weighted by molar-refractivity contribution is 6.31. The zero-order chi connectivity index (χ0) is 15.2. The lowest BCUT2D eigenvalue weighted by molar-refractivity contribution is -0.151. The molecule has 0 bridgehead atoms.